The first-order chi connectivity index (χ1) is 9.74. The summed E-state index contributed by atoms with van der Waals surface area (Å²) >= 11 is 1.82. The van der Waals surface area contributed by atoms with Crippen LogP contribution in [-0.4, -0.2) is 4.98 Å². The normalized spacial score (nSPS) is 10.8. The predicted molar refractivity (Wildman–Crippen MR) is 86.9 cm³/mol. The molecule has 3 rings (SSSR count). The summed E-state index contributed by atoms with van der Waals surface area (Å²) in [7, 11) is 0. The smallest absolute Gasteiger partial charge is 0.0702 e. The van der Waals surface area contributed by atoms with Crippen molar-refractivity contribution in [2.24, 2.45) is 0 Å². The van der Waals surface area contributed by atoms with Crippen molar-refractivity contribution >= 4 is 28.4 Å². The van der Waals surface area contributed by atoms with Crippen LogP contribution in [0.3, 0.4) is 0 Å². The van der Waals surface area contributed by atoms with Gasteiger partial charge in [0.05, 0.1) is 5.52 Å². The quantitative estimate of drug-likeness (QED) is 0.570. The lowest BCUT2D eigenvalue weighted by atomic mass is 10.1. The fourth-order valence-electron chi connectivity index (χ4n) is 2.16. The number of nitrogens with two attached hydrogens (primary N) is 1. The summed E-state index contributed by atoms with van der Waals surface area (Å²) in [6.45, 7) is 2.07. The van der Waals surface area contributed by atoms with Crippen LogP contribution in [0.15, 0.2) is 59.6 Å². The highest BCUT2D eigenvalue weighted by Gasteiger charge is 2.03. The first kappa shape index (κ1) is 13.0. The fraction of sp³-hybridized carbons (Fsp3) is 0.118. The van der Waals surface area contributed by atoms with Gasteiger partial charge in [0, 0.05) is 27.9 Å². The number of fused-ring (bicyclic) bond motifs is 1. The molecule has 0 saturated carbocycles. The number of nitrogens with zero attached hydrogens (tertiary/aromatic N) is 1. The van der Waals surface area contributed by atoms with E-state index in [1.807, 2.05) is 36.2 Å². The van der Waals surface area contributed by atoms with Crippen molar-refractivity contribution in [2.75, 3.05) is 5.73 Å². The summed E-state index contributed by atoms with van der Waals surface area (Å²) in [5, 5.41) is 1.19. The van der Waals surface area contributed by atoms with Crippen LogP contribution in [0.4, 0.5) is 5.69 Å². The third-order valence-corrected chi connectivity index (χ3v) is 4.62. The number of rotatable bonds is 3. The predicted octanol–water partition coefficient (Wildman–Crippen LogP) is 4.42. The average Bonchev–Trinajstić information content (AvgIpc) is 2.48. The van der Waals surface area contributed by atoms with Crippen molar-refractivity contribution < 1.29 is 0 Å². The molecule has 0 saturated heterocycles. The Hall–Kier alpha value is -2.00. The summed E-state index contributed by atoms with van der Waals surface area (Å²) in [5.41, 5.74) is 10.3. The second-order valence-corrected chi connectivity index (χ2v) is 5.81. The minimum Gasteiger partial charge on any atom is -0.398 e. The Balaban J connectivity index is 1.81. The zero-order chi connectivity index (χ0) is 13.9. The molecule has 0 aliphatic heterocycles. The summed E-state index contributed by atoms with van der Waals surface area (Å²) in [5.74, 6) is 0.940. The Bertz CT molecular complexity index is 753. The van der Waals surface area contributed by atoms with Gasteiger partial charge in [0.25, 0.3) is 0 Å². The minimum absolute atomic E-state index is 0.859. The van der Waals surface area contributed by atoms with Crippen molar-refractivity contribution in [3.63, 3.8) is 0 Å². The maximum absolute atomic E-state index is 5.94. The van der Waals surface area contributed by atoms with Crippen molar-refractivity contribution in [3.8, 4) is 0 Å². The van der Waals surface area contributed by atoms with Crippen LogP contribution in [0.25, 0.3) is 10.9 Å². The summed E-state index contributed by atoms with van der Waals surface area (Å²) in [6, 6.07) is 16.6. The van der Waals surface area contributed by atoms with Gasteiger partial charge >= 0.3 is 0 Å². The van der Waals surface area contributed by atoms with E-state index in [0.717, 1.165) is 17.0 Å². The third kappa shape index (κ3) is 2.63. The molecule has 0 fully saturated rings. The van der Waals surface area contributed by atoms with Gasteiger partial charge < -0.3 is 5.73 Å². The average molecular weight is 280 g/mol. The molecule has 1 aromatic heterocycles. The van der Waals surface area contributed by atoms with Crippen LogP contribution >= 0.6 is 11.8 Å². The number of thioether (sulfide) groups is 1. The molecule has 0 aliphatic rings. The summed E-state index contributed by atoms with van der Waals surface area (Å²) in [4.78, 5) is 5.59. The molecule has 0 radical (unpaired) electrons. The molecule has 0 unspecified atom stereocenters. The molecule has 0 amide bonds. The second kappa shape index (κ2) is 5.55. The fourth-order valence-corrected chi connectivity index (χ4v) is 3.17. The number of hydrogen-bond acceptors (Lipinski definition) is 3. The molecule has 0 spiro atoms. The molecule has 100 valence electrons. The Morgan fingerprint density at radius 3 is 2.90 bits per heavy atom. The van der Waals surface area contributed by atoms with Crippen LogP contribution in [-0.2, 0) is 5.75 Å². The molecular formula is C17H16N2S. The molecule has 0 bridgehead atoms. The van der Waals surface area contributed by atoms with Gasteiger partial charge in [-0.3, -0.25) is 4.98 Å². The maximum Gasteiger partial charge on any atom is 0.0702 e. The van der Waals surface area contributed by atoms with Crippen molar-refractivity contribution in [1.82, 2.24) is 4.98 Å². The van der Waals surface area contributed by atoms with Crippen LogP contribution in [0.1, 0.15) is 11.1 Å². The van der Waals surface area contributed by atoms with Gasteiger partial charge in [0.2, 0.25) is 0 Å². The number of anilines is 1. The molecule has 20 heavy (non-hydrogen) atoms. The van der Waals surface area contributed by atoms with E-state index in [9.17, 15) is 0 Å². The van der Waals surface area contributed by atoms with Crippen LogP contribution in [0.5, 0.6) is 0 Å². The Morgan fingerprint density at radius 1 is 1.10 bits per heavy atom. The molecule has 3 heteroatoms. The zero-order valence-corrected chi connectivity index (χ0v) is 12.2. The molecular weight excluding hydrogens is 264 g/mol. The first-order valence-electron chi connectivity index (χ1n) is 6.55. The SMILES string of the molecule is Cc1c(N)cccc1SCc1ccc2ncccc2c1. The summed E-state index contributed by atoms with van der Waals surface area (Å²) < 4.78 is 0. The Kier molecular flexibility index (Phi) is 3.61. The lowest BCUT2D eigenvalue weighted by molar-refractivity contribution is 1.29. The minimum atomic E-state index is 0.859. The first-order valence-corrected chi connectivity index (χ1v) is 7.54. The lowest BCUT2D eigenvalue weighted by Crippen LogP contribution is -1.91. The van der Waals surface area contributed by atoms with Gasteiger partial charge in [-0.1, -0.05) is 18.2 Å². The van der Waals surface area contributed by atoms with Crippen molar-refractivity contribution in [3.05, 3.63) is 65.9 Å². The maximum atomic E-state index is 5.94. The Labute approximate surface area is 123 Å². The number of benzene rings is 2. The highest BCUT2D eigenvalue weighted by molar-refractivity contribution is 7.98. The van der Waals surface area contributed by atoms with E-state index < -0.39 is 0 Å². The van der Waals surface area contributed by atoms with Gasteiger partial charge in [-0.05, 0) is 48.4 Å². The summed E-state index contributed by atoms with van der Waals surface area (Å²) in [6.07, 6.45) is 1.83. The monoisotopic (exact) mass is 280 g/mol. The molecule has 0 atom stereocenters. The highest BCUT2D eigenvalue weighted by atomic mass is 32.2. The van der Waals surface area contributed by atoms with E-state index in [1.165, 1.54) is 21.4 Å². The van der Waals surface area contributed by atoms with E-state index in [0.29, 0.717) is 0 Å². The number of aromatic nitrogens is 1. The number of pyridine rings is 1. The largest absolute Gasteiger partial charge is 0.398 e. The van der Waals surface area contributed by atoms with Gasteiger partial charge in [0.15, 0.2) is 0 Å². The molecule has 3 aromatic rings. The van der Waals surface area contributed by atoms with Gasteiger partial charge in [-0.2, -0.15) is 0 Å². The third-order valence-electron chi connectivity index (χ3n) is 3.39. The molecule has 2 N–H and O–H groups in total. The van der Waals surface area contributed by atoms with Gasteiger partial charge in [0.1, 0.15) is 0 Å². The van der Waals surface area contributed by atoms with Crippen LogP contribution in [0.2, 0.25) is 0 Å². The van der Waals surface area contributed by atoms with Crippen molar-refractivity contribution in [1.29, 1.82) is 0 Å². The second-order valence-electron chi connectivity index (χ2n) is 4.79. The molecule has 2 aromatic carbocycles. The molecule has 0 aliphatic carbocycles. The molecule has 1 heterocycles. The molecule has 2 nitrogen and oxygen atoms in total. The Morgan fingerprint density at radius 2 is 2.00 bits per heavy atom. The van der Waals surface area contributed by atoms with E-state index in [2.05, 4.69) is 42.2 Å². The zero-order valence-electron chi connectivity index (χ0n) is 11.3. The van der Waals surface area contributed by atoms with E-state index in [4.69, 9.17) is 5.73 Å². The lowest BCUT2D eigenvalue weighted by Gasteiger charge is -2.08. The van der Waals surface area contributed by atoms with E-state index >= 15 is 0 Å². The highest BCUT2D eigenvalue weighted by Crippen LogP contribution is 2.29. The van der Waals surface area contributed by atoms with Crippen LogP contribution in [0, 0.1) is 6.92 Å². The standard InChI is InChI=1S/C17H16N2S/c1-12-15(18)5-2-6-17(12)20-11-13-7-8-16-14(10-13)4-3-9-19-16/h2-10H,11,18H2,1H3. The van der Waals surface area contributed by atoms with Crippen molar-refractivity contribution in [2.45, 2.75) is 17.6 Å². The number of hydrogen-bond donors (Lipinski definition) is 1. The van der Waals surface area contributed by atoms with Crippen LogP contribution < -0.4 is 5.73 Å². The topological polar surface area (TPSA) is 38.9 Å². The van der Waals surface area contributed by atoms with Gasteiger partial charge in [-0.25, -0.2) is 0 Å². The van der Waals surface area contributed by atoms with Gasteiger partial charge in [-0.15, -0.1) is 11.8 Å². The number of nitrogen functional groups attached to an aromatic ring is 1. The van der Waals surface area contributed by atoms with E-state index in [1.54, 1.807) is 0 Å². The van der Waals surface area contributed by atoms with E-state index in [-0.39, 0.29) is 0 Å².